The second kappa shape index (κ2) is 8.19. The fraction of sp³-hybridized carbons (Fsp3) is 0.583. The Bertz CT molecular complexity index is 345. The highest BCUT2D eigenvalue weighted by Crippen LogP contribution is 2.27. The van der Waals surface area contributed by atoms with Crippen molar-refractivity contribution in [3.63, 3.8) is 0 Å². The van der Waals surface area contributed by atoms with Crippen LogP contribution < -0.4 is 11.3 Å². The van der Waals surface area contributed by atoms with Gasteiger partial charge >= 0.3 is 0 Å². The van der Waals surface area contributed by atoms with Crippen LogP contribution in [0, 0.1) is 0 Å². The number of hydrogen-bond acceptors (Lipinski definition) is 3. The van der Waals surface area contributed by atoms with Gasteiger partial charge in [-0.15, -0.1) is 0 Å². The monoisotopic (exact) mass is 363 g/mol. The molecular weight excluding hydrogens is 346 g/mol. The van der Waals surface area contributed by atoms with Crippen molar-refractivity contribution in [2.45, 2.75) is 45.1 Å². The number of unbranched alkanes of at least 4 members (excludes halogenated alkanes) is 3. The van der Waals surface area contributed by atoms with Crippen molar-refractivity contribution in [2.75, 3.05) is 0 Å². The molecule has 0 spiro atoms. The molecule has 1 atom stereocenters. The van der Waals surface area contributed by atoms with Crippen LogP contribution in [0.1, 0.15) is 50.8 Å². The van der Waals surface area contributed by atoms with Gasteiger partial charge in [0.15, 0.2) is 0 Å². The maximum absolute atomic E-state index is 5.60. The molecule has 5 heteroatoms. The summed E-state index contributed by atoms with van der Waals surface area (Å²) < 4.78 is 1.96. The van der Waals surface area contributed by atoms with E-state index in [0.717, 1.165) is 21.1 Å². The number of aromatic nitrogens is 1. The molecule has 96 valence electrons. The average Bonchev–Trinajstić information content (AvgIpc) is 2.31. The summed E-state index contributed by atoms with van der Waals surface area (Å²) in [6, 6.07) is 2.12. The van der Waals surface area contributed by atoms with Gasteiger partial charge in [0.1, 0.15) is 0 Å². The number of hydrazine groups is 1. The molecule has 0 saturated carbocycles. The van der Waals surface area contributed by atoms with Crippen molar-refractivity contribution >= 4 is 31.9 Å². The first kappa shape index (κ1) is 15.1. The van der Waals surface area contributed by atoms with Gasteiger partial charge in [0, 0.05) is 15.1 Å². The van der Waals surface area contributed by atoms with Crippen molar-refractivity contribution in [3.05, 3.63) is 26.9 Å². The van der Waals surface area contributed by atoms with E-state index in [2.05, 4.69) is 49.2 Å². The molecule has 0 radical (unpaired) electrons. The molecule has 1 rings (SSSR count). The minimum absolute atomic E-state index is 0.120. The van der Waals surface area contributed by atoms with Crippen LogP contribution in [-0.4, -0.2) is 4.98 Å². The molecule has 1 aromatic rings. The number of nitrogens with two attached hydrogens (primary N) is 1. The number of pyridine rings is 1. The highest BCUT2D eigenvalue weighted by atomic mass is 79.9. The van der Waals surface area contributed by atoms with E-state index in [-0.39, 0.29) is 6.04 Å². The number of halogens is 2. The Morgan fingerprint density at radius 1 is 1.35 bits per heavy atom. The Hall–Kier alpha value is 0.0300. The molecule has 3 nitrogen and oxygen atoms in total. The molecule has 1 unspecified atom stereocenters. The van der Waals surface area contributed by atoms with Gasteiger partial charge in [-0.25, -0.2) is 0 Å². The zero-order valence-corrected chi connectivity index (χ0v) is 13.2. The second-order valence-electron chi connectivity index (χ2n) is 4.09. The third-order valence-corrected chi connectivity index (χ3v) is 3.78. The third-order valence-electron chi connectivity index (χ3n) is 2.71. The Labute approximate surface area is 120 Å². The molecule has 17 heavy (non-hydrogen) atoms. The lowest BCUT2D eigenvalue weighted by Crippen LogP contribution is -2.29. The maximum atomic E-state index is 5.60. The minimum Gasteiger partial charge on any atom is -0.271 e. The number of nitrogens with one attached hydrogen (secondary N) is 1. The number of hydrogen-bond donors (Lipinski definition) is 2. The summed E-state index contributed by atoms with van der Waals surface area (Å²) in [4.78, 5) is 4.41. The predicted molar refractivity (Wildman–Crippen MR) is 78.5 cm³/mol. The van der Waals surface area contributed by atoms with Gasteiger partial charge in [0.05, 0.1) is 11.7 Å². The van der Waals surface area contributed by atoms with Crippen LogP contribution in [0.3, 0.4) is 0 Å². The highest BCUT2D eigenvalue weighted by molar-refractivity contribution is 9.11. The molecule has 1 aromatic heterocycles. The van der Waals surface area contributed by atoms with Gasteiger partial charge in [-0.05, 0) is 44.3 Å². The van der Waals surface area contributed by atoms with E-state index in [4.69, 9.17) is 5.84 Å². The highest BCUT2D eigenvalue weighted by Gasteiger charge is 2.14. The molecule has 0 saturated heterocycles. The molecule has 0 aromatic carbocycles. The first-order chi connectivity index (χ1) is 8.19. The zero-order chi connectivity index (χ0) is 12.7. The average molecular weight is 365 g/mol. The van der Waals surface area contributed by atoms with E-state index in [0.29, 0.717) is 0 Å². The standard InChI is InChI=1S/C12H19Br2N3/c1-2-3-4-5-6-11(17-15)12-10(14)7-9(13)8-16-12/h7-8,11,17H,2-6,15H2,1H3. The van der Waals surface area contributed by atoms with Gasteiger partial charge in [0.2, 0.25) is 0 Å². The van der Waals surface area contributed by atoms with Gasteiger partial charge in [-0.2, -0.15) is 0 Å². The summed E-state index contributed by atoms with van der Waals surface area (Å²) in [6.07, 6.45) is 7.78. The third kappa shape index (κ3) is 5.04. The summed E-state index contributed by atoms with van der Waals surface area (Å²) in [5, 5.41) is 0. The van der Waals surface area contributed by atoms with E-state index in [1.54, 1.807) is 6.20 Å². The Balaban J connectivity index is 2.59. The second-order valence-corrected chi connectivity index (χ2v) is 5.86. The van der Waals surface area contributed by atoms with Gasteiger partial charge in [-0.1, -0.05) is 32.6 Å². The number of rotatable bonds is 7. The predicted octanol–water partition coefficient (Wildman–Crippen LogP) is 4.08. The Kier molecular flexibility index (Phi) is 7.27. The van der Waals surface area contributed by atoms with Crippen LogP contribution in [0.5, 0.6) is 0 Å². The molecule has 3 N–H and O–H groups in total. The first-order valence-corrected chi connectivity index (χ1v) is 7.54. The van der Waals surface area contributed by atoms with E-state index in [1.165, 1.54) is 25.7 Å². The van der Waals surface area contributed by atoms with Crippen molar-refractivity contribution in [1.29, 1.82) is 0 Å². The normalized spacial score (nSPS) is 12.7. The van der Waals surface area contributed by atoms with Crippen molar-refractivity contribution in [2.24, 2.45) is 5.84 Å². The molecule has 0 fully saturated rings. The van der Waals surface area contributed by atoms with E-state index in [9.17, 15) is 0 Å². The lowest BCUT2D eigenvalue weighted by atomic mass is 10.0. The Morgan fingerprint density at radius 3 is 2.71 bits per heavy atom. The quantitative estimate of drug-likeness (QED) is 0.435. The van der Waals surface area contributed by atoms with E-state index >= 15 is 0 Å². The molecular formula is C12H19Br2N3. The van der Waals surface area contributed by atoms with Crippen LogP contribution in [0.15, 0.2) is 21.2 Å². The SMILES string of the molecule is CCCCCCC(NN)c1ncc(Br)cc1Br. The smallest absolute Gasteiger partial charge is 0.0729 e. The zero-order valence-electron chi connectivity index (χ0n) is 10.0. The van der Waals surface area contributed by atoms with Gasteiger partial charge in [0.25, 0.3) is 0 Å². The van der Waals surface area contributed by atoms with Gasteiger partial charge in [-0.3, -0.25) is 16.3 Å². The minimum atomic E-state index is 0.120. The van der Waals surface area contributed by atoms with E-state index < -0.39 is 0 Å². The van der Waals surface area contributed by atoms with Crippen LogP contribution in [0.4, 0.5) is 0 Å². The molecule has 0 aliphatic carbocycles. The summed E-state index contributed by atoms with van der Waals surface area (Å²) in [5.41, 5.74) is 3.83. The molecule has 0 aliphatic heterocycles. The molecule has 0 amide bonds. The van der Waals surface area contributed by atoms with Crippen LogP contribution in [0.2, 0.25) is 0 Å². The van der Waals surface area contributed by atoms with Crippen molar-refractivity contribution in [1.82, 2.24) is 10.4 Å². The van der Waals surface area contributed by atoms with Crippen LogP contribution in [0.25, 0.3) is 0 Å². The topological polar surface area (TPSA) is 50.9 Å². The molecule has 0 aliphatic rings. The summed E-state index contributed by atoms with van der Waals surface area (Å²) >= 11 is 6.92. The Morgan fingerprint density at radius 2 is 2.12 bits per heavy atom. The van der Waals surface area contributed by atoms with Crippen molar-refractivity contribution in [3.8, 4) is 0 Å². The summed E-state index contributed by atoms with van der Waals surface area (Å²) in [5.74, 6) is 5.60. The lowest BCUT2D eigenvalue weighted by molar-refractivity contribution is 0.471. The van der Waals surface area contributed by atoms with Crippen LogP contribution >= 0.6 is 31.9 Å². The fourth-order valence-electron chi connectivity index (χ4n) is 1.76. The fourth-order valence-corrected chi connectivity index (χ4v) is 3.02. The number of nitrogens with zero attached hydrogens (tertiary/aromatic N) is 1. The van der Waals surface area contributed by atoms with Crippen molar-refractivity contribution < 1.29 is 0 Å². The summed E-state index contributed by atoms with van der Waals surface area (Å²) in [6.45, 7) is 2.21. The van der Waals surface area contributed by atoms with E-state index in [1.807, 2.05) is 6.07 Å². The molecule has 1 heterocycles. The van der Waals surface area contributed by atoms with Crippen LogP contribution in [-0.2, 0) is 0 Å². The molecule has 0 bridgehead atoms. The maximum Gasteiger partial charge on any atom is 0.0729 e. The lowest BCUT2D eigenvalue weighted by Gasteiger charge is -2.16. The largest absolute Gasteiger partial charge is 0.271 e. The summed E-state index contributed by atoms with van der Waals surface area (Å²) in [7, 11) is 0. The van der Waals surface area contributed by atoms with Gasteiger partial charge < -0.3 is 0 Å². The first-order valence-electron chi connectivity index (χ1n) is 5.96.